The molecule has 0 radical (unpaired) electrons. The van der Waals surface area contributed by atoms with E-state index >= 15 is 0 Å². The lowest BCUT2D eigenvalue weighted by molar-refractivity contribution is 0.0734. The van der Waals surface area contributed by atoms with Gasteiger partial charge in [0.1, 0.15) is 5.75 Å². The third-order valence-electron chi connectivity index (χ3n) is 2.78. The molecule has 20 heavy (non-hydrogen) atoms. The van der Waals surface area contributed by atoms with Crippen LogP contribution in [0.5, 0.6) is 5.75 Å². The summed E-state index contributed by atoms with van der Waals surface area (Å²) >= 11 is 5.89. The average Bonchev–Trinajstić information content (AvgIpc) is 2.38. The standard InChI is InChI=1S/C15H12ClNO3/c1-9-4-2-3-5-11(9)15(19)20-10-6-7-12(14(17)18)13(16)8-10/h2-8H,1H3,(H2,17,18). The lowest BCUT2D eigenvalue weighted by Crippen LogP contribution is -2.13. The van der Waals surface area contributed by atoms with E-state index < -0.39 is 11.9 Å². The number of benzene rings is 2. The summed E-state index contributed by atoms with van der Waals surface area (Å²) in [6.45, 7) is 1.82. The van der Waals surface area contributed by atoms with Gasteiger partial charge in [-0.15, -0.1) is 0 Å². The number of primary amides is 1. The SMILES string of the molecule is Cc1ccccc1C(=O)Oc1ccc(C(N)=O)c(Cl)c1. The minimum Gasteiger partial charge on any atom is -0.423 e. The number of halogens is 1. The average molecular weight is 290 g/mol. The van der Waals surface area contributed by atoms with Crippen LogP contribution < -0.4 is 10.5 Å². The highest BCUT2D eigenvalue weighted by molar-refractivity contribution is 6.33. The molecule has 2 aromatic rings. The molecule has 102 valence electrons. The number of hydrogen-bond donors (Lipinski definition) is 1. The van der Waals surface area contributed by atoms with E-state index in [1.807, 2.05) is 19.1 Å². The van der Waals surface area contributed by atoms with Crippen molar-refractivity contribution in [2.24, 2.45) is 5.73 Å². The predicted molar refractivity (Wildman–Crippen MR) is 76.1 cm³/mol. The molecule has 2 N–H and O–H groups in total. The number of amides is 1. The van der Waals surface area contributed by atoms with E-state index in [4.69, 9.17) is 22.1 Å². The number of rotatable bonds is 3. The zero-order valence-electron chi connectivity index (χ0n) is 10.7. The van der Waals surface area contributed by atoms with Gasteiger partial charge in [-0.05, 0) is 30.7 Å². The van der Waals surface area contributed by atoms with Crippen LogP contribution in [0.3, 0.4) is 0 Å². The minimum atomic E-state index is -0.633. The number of hydrogen-bond acceptors (Lipinski definition) is 3. The molecule has 0 heterocycles. The number of aryl methyl sites for hydroxylation is 1. The Morgan fingerprint density at radius 3 is 2.40 bits per heavy atom. The van der Waals surface area contributed by atoms with Crippen LogP contribution in [-0.2, 0) is 0 Å². The fraction of sp³-hybridized carbons (Fsp3) is 0.0667. The predicted octanol–water partition coefficient (Wildman–Crippen LogP) is 2.97. The molecule has 2 rings (SSSR count). The second kappa shape index (κ2) is 5.75. The van der Waals surface area contributed by atoms with Gasteiger partial charge >= 0.3 is 5.97 Å². The number of ether oxygens (including phenoxy) is 1. The molecular weight excluding hydrogens is 278 g/mol. The van der Waals surface area contributed by atoms with Crippen LogP contribution >= 0.6 is 11.6 Å². The first-order valence-electron chi connectivity index (χ1n) is 5.86. The summed E-state index contributed by atoms with van der Waals surface area (Å²) in [7, 11) is 0. The summed E-state index contributed by atoms with van der Waals surface area (Å²) in [4.78, 5) is 23.1. The van der Waals surface area contributed by atoms with Crippen molar-refractivity contribution in [3.63, 3.8) is 0 Å². The molecule has 4 nitrogen and oxygen atoms in total. The van der Waals surface area contributed by atoms with Crippen LogP contribution in [0, 0.1) is 6.92 Å². The monoisotopic (exact) mass is 289 g/mol. The van der Waals surface area contributed by atoms with Gasteiger partial charge in [0.2, 0.25) is 5.91 Å². The van der Waals surface area contributed by atoms with Crippen molar-refractivity contribution in [1.29, 1.82) is 0 Å². The van der Waals surface area contributed by atoms with E-state index in [9.17, 15) is 9.59 Å². The van der Waals surface area contributed by atoms with Crippen molar-refractivity contribution in [2.75, 3.05) is 0 Å². The molecule has 0 aromatic heterocycles. The summed E-state index contributed by atoms with van der Waals surface area (Å²) in [5.41, 5.74) is 6.62. The van der Waals surface area contributed by atoms with E-state index in [1.165, 1.54) is 18.2 Å². The molecular formula is C15H12ClNO3. The van der Waals surface area contributed by atoms with Gasteiger partial charge in [-0.1, -0.05) is 29.8 Å². The molecule has 0 saturated carbocycles. The highest BCUT2D eigenvalue weighted by atomic mass is 35.5. The van der Waals surface area contributed by atoms with E-state index in [2.05, 4.69) is 0 Å². The second-order valence-electron chi connectivity index (χ2n) is 4.21. The van der Waals surface area contributed by atoms with E-state index in [-0.39, 0.29) is 16.3 Å². The highest BCUT2D eigenvalue weighted by Crippen LogP contribution is 2.23. The Kier molecular flexibility index (Phi) is 4.05. The summed E-state index contributed by atoms with van der Waals surface area (Å²) in [6.07, 6.45) is 0. The van der Waals surface area contributed by atoms with E-state index in [0.717, 1.165) is 5.56 Å². The van der Waals surface area contributed by atoms with Crippen molar-refractivity contribution >= 4 is 23.5 Å². The molecule has 0 atom stereocenters. The van der Waals surface area contributed by atoms with Crippen LogP contribution in [-0.4, -0.2) is 11.9 Å². The molecule has 0 saturated heterocycles. The third kappa shape index (κ3) is 2.97. The molecule has 0 spiro atoms. The summed E-state index contributed by atoms with van der Waals surface area (Å²) in [6, 6.07) is 11.4. The number of carbonyl (C=O) groups excluding carboxylic acids is 2. The Labute approximate surface area is 121 Å². The van der Waals surface area contributed by atoms with Crippen molar-refractivity contribution in [1.82, 2.24) is 0 Å². The van der Waals surface area contributed by atoms with Gasteiger partial charge in [0.25, 0.3) is 0 Å². The van der Waals surface area contributed by atoms with Gasteiger partial charge in [-0.25, -0.2) is 4.79 Å². The number of esters is 1. The molecule has 0 aliphatic heterocycles. The minimum absolute atomic E-state index is 0.146. The van der Waals surface area contributed by atoms with Gasteiger partial charge in [-0.2, -0.15) is 0 Å². The van der Waals surface area contributed by atoms with Crippen molar-refractivity contribution in [3.8, 4) is 5.75 Å². The van der Waals surface area contributed by atoms with Crippen LogP contribution in [0.4, 0.5) is 0 Å². The van der Waals surface area contributed by atoms with Gasteiger partial charge in [0, 0.05) is 6.07 Å². The quantitative estimate of drug-likeness (QED) is 0.697. The fourth-order valence-corrected chi connectivity index (χ4v) is 1.99. The first-order valence-corrected chi connectivity index (χ1v) is 6.24. The third-order valence-corrected chi connectivity index (χ3v) is 3.09. The van der Waals surface area contributed by atoms with Crippen molar-refractivity contribution < 1.29 is 14.3 Å². The van der Waals surface area contributed by atoms with Crippen LogP contribution in [0.1, 0.15) is 26.3 Å². The largest absolute Gasteiger partial charge is 0.423 e. The molecule has 0 fully saturated rings. The second-order valence-corrected chi connectivity index (χ2v) is 4.62. The topological polar surface area (TPSA) is 69.4 Å². The lowest BCUT2D eigenvalue weighted by Gasteiger charge is -2.08. The van der Waals surface area contributed by atoms with Gasteiger partial charge in [0.15, 0.2) is 0 Å². The molecule has 1 amide bonds. The molecule has 0 bridgehead atoms. The fourth-order valence-electron chi connectivity index (χ4n) is 1.72. The molecule has 2 aromatic carbocycles. The Bertz CT molecular complexity index is 683. The molecule has 0 unspecified atom stereocenters. The maximum absolute atomic E-state index is 12.0. The number of nitrogens with two attached hydrogens (primary N) is 1. The van der Waals surface area contributed by atoms with Crippen LogP contribution in [0.25, 0.3) is 0 Å². The summed E-state index contributed by atoms with van der Waals surface area (Å²) in [5.74, 6) is -0.856. The van der Waals surface area contributed by atoms with E-state index in [0.29, 0.717) is 5.56 Å². The summed E-state index contributed by atoms with van der Waals surface area (Å²) < 4.78 is 5.22. The molecule has 0 aliphatic rings. The Morgan fingerprint density at radius 1 is 1.10 bits per heavy atom. The Morgan fingerprint density at radius 2 is 1.80 bits per heavy atom. The van der Waals surface area contributed by atoms with Gasteiger partial charge < -0.3 is 10.5 Å². The highest BCUT2D eigenvalue weighted by Gasteiger charge is 2.13. The van der Waals surface area contributed by atoms with Crippen molar-refractivity contribution in [3.05, 3.63) is 64.2 Å². The first kappa shape index (κ1) is 14.1. The zero-order valence-corrected chi connectivity index (χ0v) is 11.5. The Balaban J connectivity index is 2.23. The Hall–Kier alpha value is -2.33. The van der Waals surface area contributed by atoms with Gasteiger partial charge in [0.05, 0.1) is 16.1 Å². The summed E-state index contributed by atoms with van der Waals surface area (Å²) in [5, 5.41) is 0.146. The van der Waals surface area contributed by atoms with Crippen LogP contribution in [0.15, 0.2) is 42.5 Å². The molecule has 0 aliphatic carbocycles. The maximum atomic E-state index is 12.0. The smallest absolute Gasteiger partial charge is 0.343 e. The number of carbonyl (C=O) groups is 2. The maximum Gasteiger partial charge on any atom is 0.343 e. The first-order chi connectivity index (χ1) is 9.49. The lowest BCUT2D eigenvalue weighted by atomic mass is 10.1. The zero-order chi connectivity index (χ0) is 14.7. The van der Waals surface area contributed by atoms with E-state index in [1.54, 1.807) is 12.1 Å². The normalized spacial score (nSPS) is 10.1. The van der Waals surface area contributed by atoms with Crippen LogP contribution in [0.2, 0.25) is 5.02 Å². The molecule has 5 heteroatoms. The van der Waals surface area contributed by atoms with Gasteiger partial charge in [-0.3, -0.25) is 4.79 Å². The van der Waals surface area contributed by atoms with Crippen molar-refractivity contribution in [2.45, 2.75) is 6.92 Å².